The van der Waals surface area contributed by atoms with Crippen molar-refractivity contribution in [1.29, 1.82) is 5.26 Å². The highest BCUT2D eigenvalue weighted by molar-refractivity contribution is 6.19. The molecule has 0 saturated carbocycles. The van der Waals surface area contributed by atoms with E-state index in [-0.39, 0.29) is 5.92 Å². The van der Waals surface area contributed by atoms with Crippen LogP contribution in [-0.2, 0) is 0 Å². The Morgan fingerprint density at radius 3 is 1.43 bits per heavy atom. The summed E-state index contributed by atoms with van der Waals surface area (Å²) in [6.07, 6.45) is 2.38. The zero-order chi connectivity index (χ0) is 55.1. The molecule has 0 spiro atoms. The molecule has 16 rings (SSSR count). The molecule has 0 bridgehead atoms. The van der Waals surface area contributed by atoms with E-state index in [1.54, 1.807) is 0 Å². The molecule has 4 heterocycles. The standard InChI is InChI=1S/C77H49N5O/c1-48-61(52-27-14-5-15-28-52)45-65-64-43-57(51-25-12-4-13-26-51)37-40-70(64)82(73(48)65)74-58(47-78)44-71(81-68-38-35-55(49-21-8-2-9-22-49)41-62(68)63-42-56(36-39-69(63)81)50-23-10-3-11-24-50)76-72(74)60-34-20-33-59(75(60)83-76)67-46-66(53-29-16-6-17-30-53)79-77(80-67)54-31-18-7-19-32-54/h2-46,48H,1H3. The minimum atomic E-state index is -0.0428. The van der Waals surface area contributed by atoms with E-state index in [0.29, 0.717) is 22.6 Å². The summed E-state index contributed by atoms with van der Waals surface area (Å²) >= 11 is 0. The number of rotatable bonds is 9. The van der Waals surface area contributed by atoms with Crippen LogP contribution < -0.4 is 0 Å². The lowest BCUT2D eigenvalue weighted by molar-refractivity contribution is 0.667. The summed E-state index contributed by atoms with van der Waals surface area (Å²) in [5, 5.41) is 17.0. The van der Waals surface area contributed by atoms with Crippen molar-refractivity contribution in [3.63, 3.8) is 0 Å². The molecule has 11 aromatic carbocycles. The molecule has 0 aliphatic heterocycles. The van der Waals surface area contributed by atoms with Gasteiger partial charge in [-0.25, -0.2) is 9.97 Å². The third kappa shape index (κ3) is 7.78. The Bertz CT molecular complexity index is 4980. The summed E-state index contributed by atoms with van der Waals surface area (Å²) in [4.78, 5) is 10.6. The van der Waals surface area contributed by atoms with Gasteiger partial charge in [0.25, 0.3) is 0 Å². The highest BCUT2D eigenvalue weighted by Crippen LogP contribution is 2.52. The topological polar surface area (TPSA) is 72.6 Å². The molecule has 1 aliphatic rings. The number of aromatic nitrogens is 4. The van der Waals surface area contributed by atoms with Gasteiger partial charge in [0.1, 0.15) is 11.7 Å². The third-order valence-corrected chi connectivity index (χ3v) is 16.8. The number of para-hydroxylation sites is 1. The van der Waals surface area contributed by atoms with Crippen LogP contribution in [0.25, 0.3) is 145 Å². The van der Waals surface area contributed by atoms with Crippen molar-refractivity contribution in [3.05, 3.63) is 289 Å². The summed E-state index contributed by atoms with van der Waals surface area (Å²) < 4.78 is 12.4. The van der Waals surface area contributed by atoms with Crippen molar-refractivity contribution in [2.75, 3.05) is 0 Å². The van der Waals surface area contributed by atoms with E-state index in [1.807, 2.05) is 36.4 Å². The van der Waals surface area contributed by atoms with Crippen LogP contribution >= 0.6 is 0 Å². The zero-order valence-corrected chi connectivity index (χ0v) is 45.2. The van der Waals surface area contributed by atoms with Crippen LogP contribution in [0.5, 0.6) is 0 Å². The molecule has 388 valence electrons. The maximum Gasteiger partial charge on any atom is 0.161 e. The van der Waals surface area contributed by atoms with Gasteiger partial charge in [-0.15, -0.1) is 0 Å². The highest BCUT2D eigenvalue weighted by atomic mass is 16.3. The summed E-state index contributed by atoms with van der Waals surface area (Å²) in [5.41, 5.74) is 22.0. The van der Waals surface area contributed by atoms with Crippen LogP contribution in [0.3, 0.4) is 0 Å². The lowest BCUT2D eigenvalue weighted by Crippen LogP contribution is -2.08. The van der Waals surface area contributed by atoms with E-state index in [4.69, 9.17) is 14.4 Å². The maximum atomic E-state index is 12.0. The van der Waals surface area contributed by atoms with E-state index in [9.17, 15) is 5.26 Å². The Labute approximate surface area is 479 Å². The summed E-state index contributed by atoms with van der Waals surface area (Å²) in [6.45, 7) is 2.30. The first kappa shape index (κ1) is 47.8. The van der Waals surface area contributed by atoms with Gasteiger partial charge >= 0.3 is 0 Å². The molecule has 1 aliphatic carbocycles. The van der Waals surface area contributed by atoms with Crippen LogP contribution in [0.4, 0.5) is 0 Å². The molecule has 0 fully saturated rings. The first-order chi connectivity index (χ1) is 41.0. The van der Waals surface area contributed by atoms with Crippen molar-refractivity contribution in [2.45, 2.75) is 12.8 Å². The van der Waals surface area contributed by atoms with Crippen LogP contribution in [0.1, 0.15) is 35.2 Å². The monoisotopic (exact) mass is 1060 g/mol. The number of nitrogens with zero attached hydrogens (tertiary/aromatic N) is 5. The van der Waals surface area contributed by atoms with Gasteiger partial charge in [-0.2, -0.15) is 5.26 Å². The second kappa shape index (κ2) is 19.3. The molecule has 1 unspecified atom stereocenters. The van der Waals surface area contributed by atoms with Gasteiger partial charge in [0.2, 0.25) is 0 Å². The number of fused-ring (bicyclic) bond motifs is 9. The van der Waals surface area contributed by atoms with Gasteiger partial charge in [0.05, 0.1) is 50.3 Å². The molecule has 0 N–H and O–H groups in total. The van der Waals surface area contributed by atoms with Crippen molar-refractivity contribution in [2.24, 2.45) is 0 Å². The number of hydrogen-bond acceptors (Lipinski definition) is 4. The quantitative estimate of drug-likeness (QED) is 0.144. The van der Waals surface area contributed by atoms with E-state index in [1.165, 1.54) is 11.1 Å². The number of furan rings is 1. The van der Waals surface area contributed by atoms with Gasteiger partial charge in [0.15, 0.2) is 11.4 Å². The Balaban J connectivity index is 1.03. The van der Waals surface area contributed by atoms with Gasteiger partial charge in [-0.1, -0.05) is 219 Å². The second-order valence-corrected chi connectivity index (χ2v) is 21.5. The zero-order valence-electron chi connectivity index (χ0n) is 45.2. The Morgan fingerprint density at radius 2 is 0.892 bits per heavy atom. The van der Waals surface area contributed by atoms with Gasteiger partial charge in [-0.05, 0) is 105 Å². The predicted molar refractivity (Wildman–Crippen MR) is 341 cm³/mol. The maximum absolute atomic E-state index is 12.0. The molecule has 0 saturated heterocycles. The lowest BCUT2D eigenvalue weighted by atomic mass is 9.95. The average Bonchev–Trinajstić information content (AvgIpc) is 3.98. The second-order valence-electron chi connectivity index (χ2n) is 21.5. The average molecular weight is 1060 g/mol. The van der Waals surface area contributed by atoms with Gasteiger partial charge < -0.3 is 13.6 Å². The minimum absolute atomic E-state index is 0.0428. The molecular formula is C77H49N5O. The van der Waals surface area contributed by atoms with Crippen molar-refractivity contribution in [3.8, 4) is 84.7 Å². The highest BCUT2D eigenvalue weighted by Gasteiger charge is 2.34. The molecule has 4 aromatic heterocycles. The summed E-state index contributed by atoms with van der Waals surface area (Å²) in [5.74, 6) is 0.567. The molecule has 1 atom stereocenters. The van der Waals surface area contributed by atoms with E-state index in [2.05, 4.69) is 259 Å². The first-order valence-electron chi connectivity index (χ1n) is 28.2. The molecule has 0 radical (unpaired) electrons. The van der Waals surface area contributed by atoms with Crippen molar-refractivity contribution >= 4 is 66.3 Å². The smallest absolute Gasteiger partial charge is 0.161 e. The Morgan fingerprint density at radius 1 is 0.410 bits per heavy atom. The molecular weight excluding hydrogens is 1010 g/mol. The van der Waals surface area contributed by atoms with E-state index in [0.717, 1.165) is 128 Å². The third-order valence-electron chi connectivity index (χ3n) is 16.8. The van der Waals surface area contributed by atoms with E-state index >= 15 is 0 Å². The fraction of sp³-hybridized carbons (Fsp3) is 0.0260. The molecule has 15 aromatic rings. The fourth-order valence-corrected chi connectivity index (χ4v) is 12.9. The summed E-state index contributed by atoms with van der Waals surface area (Å²) in [7, 11) is 0. The lowest BCUT2D eigenvalue weighted by Gasteiger charge is -2.20. The SMILES string of the molecule is CC1C(c2ccccc2)=Cc2c1n(-c1c(C#N)cc(-n3c4ccc(-c5ccccc5)cc4c4cc(-c5ccccc5)ccc43)c3oc4c(-c5cc(-c6ccccc6)nc(-c6ccccc6)n5)cccc4c13)c1ccc(-c3ccccc3)cc21. The van der Waals surface area contributed by atoms with Crippen LogP contribution in [-0.4, -0.2) is 19.1 Å². The van der Waals surface area contributed by atoms with Crippen molar-refractivity contribution in [1.82, 2.24) is 19.1 Å². The Hall–Kier alpha value is -11.1. The van der Waals surface area contributed by atoms with Crippen molar-refractivity contribution < 1.29 is 4.42 Å². The van der Waals surface area contributed by atoms with Crippen LogP contribution in [0.15, 0.2) is 271 Å². The molecule has 6 heteroatoms. The van der Waals surface area contributed by atoms with Crippen LogP contribution in [0, 0.1) is 11.3 Å². The number of nitriles is 1. The Kier molecular flexibility index (Phi) is 11.1. The largest absolute Gasteiger partial charge is 0.453 e. The van der Waals surface area contributed by atoms with Gasteiger partial charge in [-0.3, -0.25) is 0 Å². The van der Waals surface area contributed by atoms with Crippen LogP contribution in [0.2, 0.25) is 0 Å². The fourth-order valence-electron chi connectivity index (χ4n) is 12.9. The van der Waals surface area contributed by atoms with Gasteiger partial charge in [0, 0.05) is 55.4 Å². The normalized spacial score (nSPS) is 13.1. The van der Waals surface area contributed by atoms with E-state index < -0.39 is 0 Å². The predicted octanol–water partition coefficient (Wildman–Crippen LogP) is 19.9. The number of benzene rings is 11. The summed E-state index contributed by atoms with van der Waals surface area (Å²) in [6, 6.07) is 96.4. The molecule has 0 amide bonds. The number of hydrogen-bond donors (Lipinski definition) is 0. The number of allylic oxidation sites excluding steroid dienone is 1. The first-order valence-corrected chi connectivity index (χ1v) is 28.2. The molecule has 83 heavy (non-hydrogen) atoms. The molecule has 6 nitrogen and oxygen atoms in total. The minimum Gasteiger partial charge on any atom is -0.453 e.